The van der Waals surface area contributed by atoms with Gasteiger partial charge >= 0.3 is 17.9 Å². The minimum absolute atomic E-state index is 0.00920. The lowest BCUT2D eigenvalue weighted by atomic mass is 10.1. The van der Waals surface area contributed by atoms with Crippen LogP contribution in [0.3, 0.4) is 0 Å². The van der Waals surface area contributed by atoms with E-state index >= 15 is 0 Å². The number of carbonyl (C=O) groups excluding carboxylic acids is 3. The van der Waals surface area contributed by atoms with Gasteiger partial charge in [-0.1, -0.05) is 0 Å². The summed E-state index contributed by atoms with van der Waals surface area (Å²) < 4.78 is 24.3. The van der Waals surface area contributed by atoms with Crippen molar-refractivity contribution >= 4 is 29.7 Å². The average Bonchev–Trinajstić information content (AvgIpc) is 2.76. The number of carboxylic acid groups (broad SMARTS) is 2. The van der Waals surface area contributed by atoms with Crippen LogP contribution in [-0.4, -0.2) is 112 Å². The average molecular weight is 480 g/mol. The maximum atomic E-state index is 11.9. The van der Waals surface area contributed by atoms with Crippen LogP contribution in [0.5, 0.6) is 0 Å². The van der Waals surface area contributed by atoms with E-state index in [1.807, 2.05) is 0 Å². The molecular weight excluding hydrogens is 448 g/mol. The number of carbonyl (C=O) groups is 5. The van der Waals surface area contributed by atoms with Crippen molar-refractivity contribution in [2.75, 3.05) is 66.5 Å². The van der Waals surface area contributed by atoms with Crippen LogP contribution >= 0.6 is 0 Å². The van der Waals surface area contributed by atoms with Crippen molar-refractivity contribution < 1.29 is 57.9 Å². The zero-order chi connectivity index (χ0) is 24.9. The smallest absolute Gasteiger partial charge is 0.329 e. The molecule has 0 aliphatic rings. The number of rotatable bonds is 21. The third kappa shape index (κ3) is 19.6. The molecule has 14 nitrogen and oxygen atoms in total. The summed E-state index contributed by atoms with van der Waals surface area (Å²) in [5.74, 6) is -3.70. The molecule has 0 fully saturated rings. The standard InChI is InChI=1S/C19H32N2O12/c1-29-19(28)14(21-16(23)11-31-7-9-33-13-18(26)27)4-2-3-5-20-15(22)10-30-6-8-32-12-17(24)25/h14H,2-13H2,1H3,(H,20,22)(H,21,23)(H,24,25)(H,26,27). The molecule has 0 spiro atoms. The zero-order valence-corrected chi connectivity index (χ0v) is 18.5. The van der Waals surface area contributed by atoms with E-state index in [1.165, 1.54) is 7.11 Å². The molecule has 0 aliphatic carbocycles. The number of nitrogens with one attached hydrogen (secondary N) is 2. The minimum Gasteiger partial charge on any atom is -0.480 e. The van der Waals surface area contributed by atoms with Crippen LogP contribution in [0.25, 0.3) is 0 Å². The van der Waals surface area contributed by atoms with Crippen molar-refractivity contribution in [2.45, 2.75) is 25.3 Å². The first-order chi connectivity index (χ1) is 15.8. The first-order valence-electron chi connectivity index (χ1n) is 10.1. The number of amides is 2. The van der Waals surface area contributed by atoms with Crippen molar-refractivity contribution in [3.05, 3.63) is 0 Å². The summed E-state index contributed by atoms with van der Waals surface area (Å²) in [6.45, 7) is -0.920. The lowest BCUT2D eigenvalue weighted by molar-refractivity contribution is -0.146. The van der Waals surface area contributed by atoms with Gasteiger partial charge < -0.3 is 44.5 Å². The van der Waals surface area contributed by atoms with E-state index in [9.17, 15) is 24.0 Å². The van der Waals surface area contributed by atoms with Gasteiger partial charge in [0.2, 0.25) is 11.8 Å². The Morgan fingerprint density at radius 3 is 1.70 bits per heavy atom. The van der Waals surface area contributed by atoms with Crippen molar-refractivity contribution in [3.63, 3.8) is 0 Å². The molecule has 33 heavy (non-hydrogen) atoms. The van der Waals surface area contributed by atoms with Crippen molar-refractivity contribution in [2.24, 2.45) is 0 Å². The zero-order valence-electron chi connectivity index (χ0n) is 18.5. The second kappa shape index (κ2) is 19.8. The van der Waals surface area contributed by atoms with Gasteiger partial charge in [-0.25, -0.2) is 14.4 Å². The van der Waals surface area contributed by atoms with Crippen LogP contribution in [0.2, 0.25) is 0 Å². The molecular formula is C19H32N2O12. The fraction of sp³-hybridized carbons (Fsp3) is 0.737. The van der Waals surface area contributed by atoms with Gasteiger partial charge in [0.05, 0.1) is 33.5 Å². The van der Waals surface area contributed by atoms with Crippen LogP contribution in [0.1, 0.15) is 19.3 Å². The summed E-state index contributed by atoms with van der Waals surface area (Å²) in [5, 5.41) is 21.9. The fourth-order valence-corrected chi connectivity index (χ4v) is 2.26. The molecule has 1 unspecified atom stereocenters. The number of hydrogen-bond acceptors (Lipinski definition) is 10. The summed E-state index contributed by atoms with van der Waals surface area (Å²) in [6, 6.07) is -0.876. The quantitative estimate of drug-likeness (QED) is 0.106. The normalized spacial score (nSPS) is 11.4. The van der Waals surface area contributed by atoms with Crippen LogP contribution in [0, 0.1) is 0 Å². The lowest BCUT2D eigenvalue weighted by Gasteiger charge is -2.16. The highest BCUT2D eigenvalue weighted by Crippen LogP contribution is 2.03. The van der Waals surface area contributed by atoms with E-state index in [0.717, 1.165) is 0 Å². The number of ether oxygens (including phenoxy) is 5. The van der Waals surface area contributed by atoms with Gasteiger partial charge in [-0.2, -0.15) is 0 Å². The summed E-state index contributed by atoms with van der Waals surface area (Å²) in [5.41, 5.74) is 0. The van der Waals surface area contributed by atoms with Crippen molar-refractivity contribution in [1.82, 2.24) is 10.6 Å². The maximum absolute atomic E-state index is 11.9. The summed E-state index contributed by atoms with van der Waals surface area (Å²) in [6.07, 6.45) is 1.33. The van der Waals surface area contributed by atoms with Crippen LogP contribution in [-0.2, 0) is 47.7 Å². The third-order valence-electron chi connectivity index (χ3n) is 3.72. The molecule has 0 aromatic rings. The van der Waals surface area contributed by atoms with Gasteiger partial charge in [0, 0.05) is 6.54 Å². The number of unbranched alkanes of at least 4 members (excludes halogenated alkanes) is 1. The minimum atomic E-state index is -1.11. The molecule has 0 aliphatic heterocycles. The van der Waals surface area contributed by atoms with Gasteiger partial charge in [-0.15, -0.1) is 0 Å². The van der Waals surface area contributed by atoms with Gasteiger partial charge in [0.25, 0.3) is 0 Å². The van der Waals surface area contributed by atoms with E-state index in [2.05, 4.69) is 15.4 Å². The molecule has 0 aromatic carbocycles. The van der Waals surface area contributed by atoms with E-state index in [-0.39, 0.29) is 52.0 Å². The molecule has 0 saturated carbocycles. The first-order valence-corrected chi connectivity index (χ1v) is 10.1. The Kier molecular flexibility index (Phi) is 18.2. The van der Waals surface area contributed by atoms with Gasteiger partial charge in [0.1, 0.15) is 32.5 Å². The molecule has 0 aromatic heterocycles. The molecule has 0 rings (SSSR count). The number of methoxy groups -OCH3 is 1. The van der Waals surface area contributed by atoms with Crippen LogP contribution in [0.4, 0.5) is 0 Å². The summed E-state index contributed by atoms with van der Waals surface area (Å²) in [4.78, 5) is 55.9. The molecule has 0 saturated heterocycles. The molecule has 1 atom stereocenters. The highest BCUT2D eigenvalue weighted by atomic mass is 16.5. The molecule has 4 N–H and O–H groups in total. The predicted octanol–water partition coefficient (Wildman–Crippen LogP) is -1.83. The molecule has 190 valence electrons. The van der Waals surface area contributed by atoms with Crippen LogP contribution in [0.15, 0.2) is 0 Å². The molecule has 2 amide bonds. The number of carboxylic acids is 2. The van der Waals surface area contributed by atoms with Crippen molar-refractivity contribution in [1.29, 1.82) is 0 Å². The lowest BCUT2D eigenvalue weighted by Crippen LogP contribution is -2.43. The van der Waals surface area contributed by atoms with E-state index in [1.54, 1.807) is 0 Å². The molecule has 0 heterocycles. The Hall–Kier alpha value is -2.81. The number of esters is 1. The second-order valence-electron chi connectivity index (χ2n) is 6.49. The Morgan fingerprint density at radius 1 is 0.727 bits per heavy atom. The molecule has 0 radical (unpaired) electrons. The first kappa shape index (κ1) is 30.2. The van der Waals surface area contributed by atoms with Crippen LogP contribution < -0.4 is 10.6 Å². The van der Waals surface area contributed by atoms with E-state index in [0.29, 0.717) is 19.4 Å². The monoisotopic (exact) mass is 480 g/mol. The number of aliphatic carboxylic acids is 2. The fourth-order valence-electron chi connectivity index (χ4n) is 2.26. The van der Waals surface area contributed by atoms with Gasteiger partial charge in [-0.05, 0) is 19.3 Å². The summed E-state index contributed by atoms with van der Waals surface area (Å²) >= 11 is 0. The predicted molar refractivity (Wildman–Crippen MR) is 109 cm³/mol. The Bertz CT molecular complexity index is 614. The van der Waals surface area contributed by atoms with Crippen molar-refractivity contribution in [3.8, 4) is 0 Å². The number of hydrogen-bond donors (Lipinski definition) is 4. The molecule has 0 bridgehead atoms. The van der Waals surface area contributed by atoms with E-state index in [4.69, 9.17) is 29.2 Å². The summed E-state index contributed by atoms with van der Waals surface area (Å²) in [7, 11) is 1.20. The highest BCUT2D eigenvalue weighted by molar-refractivity contribution is 5.85. The highest BCUT2D eigenvalue weighted by Gasteiger charge is 2.21. The Balaban J connectivity index is 3.93. The van der Waals surface area contributed by atoms with Gasteiger partial charge in [-0.3, -0.25) is 9.59 Å². The SMILES string of the molecule is COC(=O)C(CCCCNC(=O)COCCOCC(=O)O)NC(=O)COCCOCC(=O)O. The molecule has 14 heteroatoms. The third-order valence-corrected chi connectivity index (χ3v) is 3.72. The maximum Gasteiger partial charge on any atom is 0.329 e. The second-order valence-corrected chi connectivity index (χ2v) is 6.49. The topological polar surface area (TPSA) is 196 Å². The Morgan fingerprint density at radius 2 is 1.21 bits per heavy atom. The van der Waals surface area contributed by atoms with Gasteiger partial charge in [0.15, 0.2) is 0 Å². The largest absolute Gasteiger partial charge is 0.480 e. The Labute approximate surface area is 190 Å². The van der Waals surface area contributed by atoms with E-state index < -0.39 is 43.1 Å².